The first-order chi connectivity index (χ1) is 8.33. The summed E-state index contributed by atoms with van der Waals surface area (Å²) in [4.78, 5) is 0. The lowest BCUT2D eigenvalue weighted by atomic mass is 9.76. The summed E-state index contributed by atoms with van der Waals surface area (Å²) in [6.45, 7) is 1.01. The SMILES string of the molecule is NN1CCc2ccccc2C12CCCCCC2. The molecule has 1 fully saturated rings. The van der Waals surface area contributed by atoms with E-state index < -0.39 is 0 Å². The van der Waals surface area contributed by atoms with Crippen LogP contribution in [-0.2, 0) is 12.0 Å². The molecule has 1 aromatic carbocycles. The quantitative estimate of drug-likeness (QED) is 0.694. The van der Waals surface area contributed by atoms with Crippen molar-refractivity contribution in [2.45, 2.75) is 50.5 Å². The summed E-state index contributed by atoms with van der Waals surface area (Å²) in [7, 11) is 0. The smallest absolute Gasteiger partial charge is 0.0602 e. The van der Waals surface area contributed by atoms with Crippen LogP contribution in [0.4, 0.5) is 0 Å². The van der Waals surface area contributed by atoms with E-state index in [2.05, 4.69) is 29.3 Å². The molecule has 2 nitrogen and oxygen atoms in total. The number of benzene rings is 1. The van der Waals surface area contributed by atoms with Crippen LogP contribution in [0, 0.1) is 0 Å². The Labute approximate surface area is 104 Å². The van der Waals surface area contributed by atoms with E-state index in [1.165, 1.54) is 49.7 Å². The van der Waals surface area contributed by atoms with Gasteiger partial charge in [0.15, 0.2) is 0 Å². The highest BCUT2D eigenvalue weighted by molar-refractivity contribution is 5.36. The van der Waals surface area contributed by atoms with Crippen molar-refractivity contribution in [3.8, 4) is 0 Å². The molecule has 3 rings (SSSR count). The molecular weight excluding hydrogens is 208 g/mol. The predicted octanol–water partition coefficient (Wildman–Crippen LogP) is 2.97. The summed E-state index contributed by atoms with van der Waals surface area (Å²) < 4.78 is 0. The van der Waals surface area contributed by atoms with E-state index in [0.717, 1.165) is 13.0 Å². The summed E-state index contributed by atoms with van der Waals surface area (Å²) in [5.74, 6) is 6.36. The Morgan fingerprint density at radius 2 is 1.71 bits per heavy atom. The van der Waals surface area contributed by atoms with Crippen LogP contribution in [0.2, 0.25) is 0 Å². The summed E-state index contributed by atoms with van der Waals surface area (Å²) in [6.07, 6.45) is 8.97. The molecule has 92 valence electrons. The Bertz CT molecular complexity index is 392. The van der Waals surface area contributed by atoms with Gasteiger partial charge in [0.1, 0.15) is 0 Å². The van der Waals surface area contributed by atoms with Crippen molar-refractivity contribution in [2.75, 3.05) is 6.54 Å². The zero-order valence-corrected chi connectivity index (χ0v) is 10.5. The first kappa shape index (κ1) is 11.2. The average Bonchev–Trinajstić information content (AvgIpc) is 2.62. The maximum absolute atomic E-state index is 6.36. The van der Waals surface area contributed by atoms with E-state index in [-0.39, 0.29) is 5.54 Å². The Balaban J connectivity index is 2.06. The molecule has 1 aliphatic heterocycles. The first-order valence-corrected chi connectivity index (χ1v) is 6.94. The van der Waals surface area contributed by atoms with Crippen molar-refractivity contribution in [3.05, 3.63) is 35.4 Å². The van der Waals surface area contributed by atoms with Gasteiger partial charge in [-0.05, 0) is 30.4 Å². The van der Waals surface area contributed by atoms with Crippen LogP contribution in [0.3, 0.4) is 0 Å². The molecule has 0 atom stereocenters. The third-order valence-corrected chi connectivity index (χ3v) is 4.62. The predicted molar refractivity (Wildman–Crippen MR) is 70.4 cm³/mol. The molecule has 1 spiro atoms. The molecule has 0 saturated heterocycles. The molecule has 2 N–H and O–H groups in total. The number of fused-ring (bicyclic) bond motifs is 2. The van der Waals surface area contributed by atoms with Crippen molar-refractivity contribution in [1.29, 1.82) is 0 Å². The molecule has 2 aliphatic rings. The molecule has 0 unspecified atom stereocenters. The van der Waals surface area contributed by atoms with E-state index in [1.807, 2.05) is 0 Å². The van der Waals surface area contributed by atoms with Crippen LogP contribution < -0.4 is 5.84 Å². The van der Waals surface area contributed by atoms with Gasteiger partial charge < -0.3 is 0 Å². The number of rotatable bonds is 0. The summed E-state index contributed by atoms with van der Waals surface area (Å²) in [6, 6.07) is 8.93. The third-order valence-electron chi connectivity index (χ3n) is 4.62. The molecule has 1 aliphatic carbocycles. The zero-order chi connectivity index (χ0) is 11.7. The fraction of sp³-hybridized carbons (Fsp3) is 0.600. The Morgan fingerprint density at radius 3 is 2.47 bits per heavy atom. The highest BCUT2D eigenvalue weighted by atomic mass is 15.4. The van der Waals surface area contributed by atoms with Crippen molar-refractivity contribution in [3.63, 3.8) is 0 Å². The van der Waals surface area contributed by atoms with Gasteiger partial charge in [-0.25, -0.2) is 5.01 Å². The monoisotopic (exact) mass is 230 g/mol. The number of hydrogen-bond acceptors (Lipinski definition) is 2. The lowest BCUT2D eigenvalue weighted by Gasteiger charge is -2.46. The number of nitrogens with zero attached hydrogens (tertiary/aromatic N) is 1. The molecule has 17 heavy (non-hydrogen) atoms. The van der Waals surface area contributed by atoms with Crippen LogP contribution in [0.25, 0.3) is 0 Å². The lowest BCUT2D eigenvalue weighted by molar-refractivity contribution is 0.0571. The second kappa shape index (κ2) is 4.43. The standard InChI is InChI=1S/C15H22N2/c16-17-12-9-13-7-3-4-8-14(13)15(17)10-5-1-2-6-11-15/h3-4,7-8H,1-2,5-6,9-12,16H2. The fourth-order valence-corrected chi connectivity index (χ4v) is 3.67. The summed E-state index contributed by atoms with van der Waals surface area (Å²) in [5.41, 5.74) is 3.18. The van der Waals surface area contributed by atoms with Crippen LogP contribution in [0.1, 0.15) is 49.7 Å². The molecular formula is C15H22N2. The van der Waals surface area contributed by atoms with E-state index >= 15 is 0 Å². The highest BCUT2D eigenvalue weighted by Gasteiger charge is 2.40. The summed E-state index contributed by atoms with van der Waals surface area (Å²) >= 11 is 0. The molecule has 0 amide bonds. The Morgan fingerprint density at radius 1 is 1.00 bits per heavy atom. The maximum Gasteiger partial charge on any atom is 0.0602 e. The van der Waals surface area contributed by atoms with E-state index in [9.17, 15) is 0 Å². The van der Waals surface area contributed by atoms with Crippen molar-refractivity contribution >= 4 is 0 Å². The van der Waals surface area contributed by atoms with Crippen molar-refractivity contribution in [2.24, 2.45) is 5.84 Å². The van der Waals surface area contributed by atoms with Crippen molar-refractivity contribution < 1.29 is 0 Å². The minimum absolute atomic E-state index is 0.144. The number of nitrogens with two attached hydrogens (primary N) is 1. The first-order valence-electron chi connectivity index (χ1n) is 6.94. The van der Waals surface area contributed by atoms with Gasteiger partial charge in [-0.2, -0.15) is 0 Å². The topological polar surface area (TPSA) is 29.3 Å². The van der Waals surface area contributed by atoms with E-state index in [1.54, 1.807) is 0 Å². The minimum atomic E-state index is 0.144. The third kappa shape index (κ3) is 1.80. The second-order valence-electron chi connectivity index (χ2n) is 5.55. The van der Waals surface area contributed by atoms with Gasteiger partial charge in [0.05, 0.1) is 5.54 Å². The fourth-order valence-electron chi connectivity index (χ4n) is 3.67. The van der Waals surface area contributed by atoms with Crippen molar-refractivity contribution in [1.82, 2.24) is 5.01 Å². The van der Waals surface area contributed by atoms with E-state index in [4.69, 9.17) is 5.84 Å². The average molecular weight is 230 g/mol. The van der Waals surface area contributed by atoms with Crippen LogP contribution in [0.5, 0.6) is 0 Å². The van der Waals surface area contributed by atoms with Gasteiger partial charge >= 0.3 is 0 Å². The normalized spacial score (nSPS) is 24.3. The highest BCUT2D eigenvalue weighted by Crippen LogP contribution is 2.43. The Kier molecular flexibility index (Phi) is 2.93. The van der Waals surface area contributed by atoms with Crippen LogP contribution in [0.15, 0.2) is 24.3 Å². The van der Waals surface area contributed by atoms with Crippen LogP contribution in [-0.4, -0.2) is 11.6 Å². The number of hydrogen-bond donors (Lipinski definition) is 1. The maximum atomic E-state index is 6.36. The molecule has 1 aromatic rings. The molecule has 0 bridgehead atoms. The van der Waals surface area contributed by atoms with Gasteiger partial charge in [0.25, 0.3) is 0 Å². The lowest BCUT2D eigenvalue weighted by Crippen LogP contribution is -2.54. The molecule has 2 heteroatoms. The Hall–Kier alpha value is -0.860. The number of hydrazine groups is 1. The zero-order valence-electron chi connectivity index (χ0n) is 10.5. The summed E-state index contributed by atoms with van der Waals surface area (Å²) in [5, 5.41) is 2.14. The largest absolute Gasteiger partial charge is 0.268 e. The minimum Gasteiger partial charge on any atom is -0.268 e. The van der Waals surface area contributed by atoms with Gasteiger partial charge in [-0.3, -0.25) is 5.84 Å². The van der Waals surface area contributed by atoms with Gasteiger partial charge in [0, 0.05) is 6.54 Å². The molecule has 0 aromatic heterocycles. The van der Waals surface area contributed by atoms with E-state index in [0.29, 0.717) is 0 Å². The van der Waals surface area contributed by atoms with Gasteiger partial charge in [-0.15, -0.1) is 0 Å². The molecule has 1 saturated carbocycles. The molecule has 1 heterocycles. The van der Waals surface area contributed by atoms with Gasteiger partial charge in [-0.1, -0.05) is 49.9 Å². The van der Waals surface area contributed by atoms with Gasteiger partial charge in [0.2, 0.25) is 0 Å². The van der Waals surface area contributed by atoms with Crippen LogP contribution >= 0.6 is 0 Å². The molecule has 0 radical (unpaired) electrons. The second-order valence-corrected chi connectivity index (χ2v) is 5.55.